The summed E-state index contributed by atoms with van der Waals surface area (Å²) >= 11 is 0. The Hall–Kier alpha value is -1.88. The summed E-state index contributed by atoms with van der Waals surface area (Å²) < 4.78 is 5.42. The van der Waals surface area contributed by atoms with E-state index in [0.717, 1.165) is 24.8 Å². The molecule has 0 saturated carbocycles. The molecule has 22 heavy (non-hydrogen) atoms. The largest absolute Gasteiger partial charge is 0.481 e. The molecule has 1 N–H and O–H groups in total. The van der Waals surface area contributed by atoms with Crippen molar-refractivity contribution < 1.29 is 19.4 Å². The highest BCUT2D eigenvalue weighted by molar-refractivity contribution is 5.82. The number of ether oxygens (including phenoxy) is 1. The van der Waals surface area contributed by atoms with Gasteiger partial charge in [0.1, 0.15) is 0 Å². The maximum Gasteiger partial charge on any atom is 0.303 e. The summed E-state index contributed by atoms with van der Waals surface area (Å²) in [6.45, 7) is 0.676. The smallest absolute Gasteiger partial charge is 0.303 e. The average molecular weight is 305 g/mol. The van der Waals surface area contributed by atoms with E-state index in [1.54, 1.807) is 0 Å². The molecule has 0 aromatic heterocycles. The van der Waals surface area contributed by atoms with Crippen molar-refractivity contribution in [3.63, 3.8) is 0 Å². The zero-order valence-electron chi connectivity index (χ0n) is 12.9. The summed E-state index contributed by atoms with van der Waals surface area (Å²) in [6, 6.07) is 9.42. The van der Waals surface area contributed by atoms with Gasteiger partial charge in [0.15, 0.2) is 6.10 Å². The standard InChI is InChI=1S/C17H23NO4/c1-22-16(13-7-3-2-4-8-13)17(21)18-12-6-5-9-14(18)10-11-15(19)20/h2-4,7-8,14,16H,5-6,9-12H2,1H3,(H,19,20)/t14-,16+/m0/s1. The molecule has 0 aliphatic carbocycles. The molecule has 1 saturated heterocycles. The van der Waals surface area contributed by atoms with E-state index in [1.165, 1.54) is 7.11 Å². The molecule has 120 valence electrons. The van der Waals surface area contributed by atoms with Gasteiger partial charge in [0, 0.05) is 26.1 Å². The number of benzene rings is 1. The summed E-state index contributed by atoms with van der Waals surface area (Å²) in [5.41, 5.74) is 0.831. The minimum atomic E-state index is -0.815. The second kappa shape index (κ2) is 7.94. The molecule has 1 heterocycles. The van der Waals surface area contributed by atoms with E-state index in [2.05, 4.69) is 0 Å². The van der Waals surface area contributed by atoms with Gasteiger partial charge in [-0.15, -0.1) is 0 Å². The Morgan fingerprint density at radius 2 is 2.05 bits per heavy atom. The Kier molecular flexibility index (Phi) is 5.95. The molecular formula is C17H23NO4. The molecule has 1 amide bonds. The molecule has 0 bridgehead atoms. The molecule has 5 nitrogen and oxygen atoms in total. The van der Waals surface area contributed by atoms with Crippen molar-refractivity contribution in [3.8, 4) is 0 Å². The van der Waals surface area contributed by atoms with Crippen LogP contribution in [-0.4, -0.2) is 41.6 Å². The number of carbonyl (C=O) groups is 2. The first-order chi connectivity index (χ1) is 10.6. The molecule has 1 aliphatic heterocycles. The number of amides is 1. The Labute approximate surface area is 130 Å². The van der Waals surface area contributed by atoms with Crippen molar-refractivity contribution in [2.45, 2.75) is 44.2 Å². The Morgan fingerprint density at radius 1 is 1.32 bits per heavy atom. The number of aliphatic carboxylic acids is 1. The van der Waals surface area contributed by atoms with Crippen LogP contribution in [0.5, 0.6) is 0 Å². The number of piperidine rings is 1. The van der Waals surface area contributed by atoms with Gasteiger partial charge in [0.05, 0.1) is 0 Å². The van der Waals surface area contributed by atoms with Gasteiger partial charge in [0.2, 0.25) is 0 Å². The summed E-state index contributed by atoms with van der Waals surface area (Å²) in [5, 5.41) is 8.87. The van der Waals surface area contributed by atoms with Gasteiger partial charge in [-0.3, -0.25) is 9.59 Å². The summed E-state index contributed by atoms with van der Waals surface area (Å²) in [7, 11) is 1.53. The first kappa shape index (κ1) is 16.5. The minimum absolute atomic E-state index is 0.00119. The van der Waals surface area contributed by atoms with E-state index in [4.69, 9.17) is 9.84 Å². The minimum Gasteiger partial charge on any atom is -0.481 e. The Morgan fingerprint density at radius 3 is 2.68 bits per heavy atom. The predicted octanol–water partition coefficient (Wildman–Crippen LogP) is 2.62. The van der Waals surface area contributed by atoms with E-state index < -0.39 is 12.1 Å². The van der Waals surface area contributed by atoms with Gasteiger partial charge < -0.3 is 14.7 Å². The number of rotatable bonds is 6. The lowest BCUT2D eigenvalue weighted by Gasteiger charge is -2.37. The van der Waals surface area contributed by atoms with Crippen molar-refractivity contribution in [3.05, 3.63) is 35.9 Å². The van der Waals surface area contributed by atoms with Crippen molar-refractivity contribution in [1.82, 2.24) is 4.90 Å². The lowest BCUT2D eigenvalue weighted by Crippen LogP contribution is -2.46. The van der Waals surface area contributed by atoms with Gasteiger partial charge >= 0.3 is 5.97 Å². The van der Waals surface area contributed by atoms with Crippen LogP contribution in [0.3, 0.4) is 0 Å². The van der Waals surface area contributed by atoms with E-state index in [0.29, 0.717) is 13.0 Å². The van der Waals surface area contributed by atoms with Gasteiger partial charge in [0.25, 0.3) is 5.91 Å². The van der Waals surface area contributed by atoms with E-state index >= 15 is 0 Å². The number of carboxylic acids is 1. The van der Waals surface area contributed by atoms with E-state index in [9.17, 15) is 9.59 Å². The highest BCUT2D eigenvalue weighted by Gasteiger charge is 2.32. The van der Waals surface area contributed by atoms with Crippen molar-refractivity contribution in [2.24, 2.45) is 0 Å². The molecular weight excluding hydrogens is 282 g/mol. The summed E-state index contributed by atoms with van der Waals surface area (Å²) in [6.07, 6.45) is 2.84. The lowest BCUT2D eigenvalue weighted by molar-refractivity contribution is -0.147. The second-order valence-corrected chi connectivity index (χ2v) is 5.64. The first-order valence-electron chi connectivity index (χ1n) is 7.73. The fourth-order valence-electron chi connectivity index (χ4n) is 3.04. The van der Waals surface area contributed by atoms with Crippen molar-refractivity contribution in [1.29, 1.82) is 0 Å². The van der Waals surface area contributed by atoms with Gasteiger partial charge in [-0.25, -0.2) is 0 Å². The van der Waals surface area contributed by atoms with Crippen molar-refractivity contribution >= 4 is 11.9 Å². The highest BCUT2D eigenvalue weighted by atomic mass is 16.5. The maximum atomic E-state index is 12.8. The highest BCUT2D eigenvalue weighted by Crippen LogP contribution is 2.26. The van der Waals surface area contributed by atoms with Crippen LogP contribution in [0.2, 0.25) is 0 Å². The van der Waals surface area contributed by atoms with Gasteiger partial charge in [-0.05, 0) is 31.2 Å². The zero-order chi connectivity index (χ0) is 15.9. The quantitative estimate of drug-likeness (QED) is 0.877. The second-order valence-electron chi connectivity index (χ2n) is 5.64. The monoisotopic (exact) mass is 305 g/mol. The maximum absolute atomic E-state index is 12.8. The number of carbonyl (C=O) groups excluding carboxylic acids is 1. The van der Waals surface area contributed by atoms with Crippen LogP contribution in [0.1, 0.15) is 43.8 Å². The number of hydrogen-bond acceptors (Lipinski definition) is 3. The molecule has 1 fully saturated rings. The van der Waals surface area contributed by atoms with Crippen LogP contribution in [0.15, 0.2) is 30.3 Å². The van der Waals surface area contributed by atoms with Crippen LogP contribution in [0.4, 0.5) is 0 Å². The SMILES string of the molecule is CO[C@@H](C(=O)N1CCCC[C@H]1CCC(=O)O)c1ccccc1. The molecule has 0 unspecified atom stereocenters. The molecule has 2 rings (SSSR count). The lowest BCUT2D eigenvalue weighted by atomic mass is 9.96. The third-order valence-corrected chi connectivity index (χ3v) is 4.16. The normalized spacial score (nSPS) is 19.7. The number of likely N-dealkylation sites (tertiary alicyclic amines) is 1. The first-order valence-corrected chi connectivity index (χ1v) is 7.73. The predicted molar refractivity (Wildman–Crippen MR) is 82.4 cm³/mol. The number of carboxylic acid groups (broad SMARTS) is 1. The van der Waals surface area contributed by atoms with Crippen molar-refractivity contribution in [2.75, 3.05) is 13.7 Å². The summed E-state index contributed by atoms with van der Waals surface area (Å²) in [5.74, 6) is -0.881. The van der Waals surface area contributed by atoms with Crippen LogP contribution >= 0.6 is 0 Å². The number of nitrogens with zero attached hydrogens (tertiary/aromatic N) is 1. The average Bonchev–Trinajstić information content (AvgIpc) is 2.55. The fraction of sp³-hybridized carbons (Fsp3) is 0.529. The Balaban J connectivity index is 2.11. The van der Waals surface area contributed by atoms with Gasteiger partial charge in [-0.2, -0.15) is 0 Å². The van der Waals surface area contributed by atoms with Crippen LogP contribution < -0.4 is 0 Å². The molecule has 1 aliphatic rings. The molecule has 0 spiro atoms. The fourth-order valence-corrected chi connectivity index (χ4v) is 3.04. The van der Waals surface area contributed by atoms with E-state index in [-0.39, 0.29) is 18.4 Å². The molecule has 5 heteroatoms. The van der Waals surface area contributed by atoms with E-state index in [1.807, 2.05) is 35.2 Å². The number of methoxy groups -OCH3 is 1. The topological polar surface area (TPSA) is 66.8 Å². The van der Waals surface area contributed by atoms with Crippen LogP contribution in [0.25, 0.3) is 0 Å². The van der Waals surface area contributed by atoms with Crippen LogP contribution in [-0.2, 0) is 14.3 Å². The Bertz CT molecular complexity index is 503. The summed E-state index contributed by atoms with van der Waals surface area (Å²) in [4.78, 5) is 25.5. The van der Waals surface area contributed by atoms with Gasteiger partial charge in [-0.1, -0.05) is 30.3 Å². The third kappa shape index (κ3) is 4.07. The molecule has 1 aromatic rings. The zero-order valence-corrected chi connectivity index (χ0v) is 12.9. The van der Waals surface area contributed by atoms with Crippen LogP contribution in [0, 0.1) is 0 Å². The molecule has 2 atom stereocenters. The number of hydrogen-bond donors (Lipinski definition) is 1. The molecule has 1 aromatic carbocycles. The molecule has 0 radical (unpaired) electrons. The third-order valence-electron chi connectivity index (χ3n) is 4.16.